The Hall–Kier alpha value is -1.72. The smallest absolute Gasteiger partial charge is 0.299 e. The first kappa shape index (κ1) is 14.2. The standard InChI is InChI=1S/C15H8BrClFNO2/c16-9-1-3-11-13(6-9)19(15(21)14(11)20)7-8-5-10(18)2-4-12(8)17/h1-6H,7H2. The van der Waals surface area contributed by atoms with Crippen molar-refractivity contribution in [3.05, 3.63) is 62.8 Å². The van der Waals surface area contributed by atoms with Crippen LogP contribution in [0.5, 0.6) is 0 Å². The van der Waals surface area contributed by atoms with Crippen molar-refractivity contribution in [3.63, 3.8) is 0 Å². The second-order valence-corrected chi connectivity index (χ2v) is 5.94. The van der Waals surface area contributed by atoms with Gasteiger partial charge in [0.25, 0.3) is 11.7 Å². The summed E-state index contributed by atoms with van der Waals surface area (Å²) in [6, 6.07) is 8.90. The average Bonchev–Trinajstić information content (AvgIpc) is 2.67. The van der Waals surface area contributed by atoms with Gasteiger partial charge in [0.15, 0.2) is 0 Å². The highest BCUT2D eigenvalue weighted by Gasteiger charge is 2.36. The third-order valence-corrected chi connectivity index (χ3v) is 4.13. The molecule has 0 saturated heterocycles. The molecule has 0 bridgehead atoms. The fraction of sp³-hybridized carbons (Fsp3) is 0.0667. The van der Waals surface area contributed by atoms with Gasteiger partial charge < -0.3 is 4.90 Å². The van der Waals surface area contributed by atoms with Crippen LogP contribution in [0.3, 0.4) is 0 Å². The molecule has 3 nitrogen and oxygen atoms in total. The van der Waals surface area contributed by atoms with Crippen molar-refractivity contribution in [2.24, 2.45) is 0 Å². The van der Waals surface area contributed by atoms with Crippen LogP contribution < -0.4 is 4.90 Å². The topological polar surface area (TPSA) is 37.4 Å². The Balaban J connectivity index is 2.04. The predicted octanol–water partition coefficient (Wildman–Crippen LogP) is 3.97. The molecule has 2 aromatic rings. The van der Waals surface area contributed by atoms with Crippen molar-refractivity contribution < 1.29 is 14.0 Å². The summed E-state index contributed by atoms with van der Waals surface area (Å²) >= 11 is 9.33. The maximum absolute atomic E-state index is 13.3. The summed E-state index contributed by atoms with van der Waals surface area (Å²) in [4.78, 5) is 25.4. The first-order valence-electron chi connectivity index (χ1n) is 6.07. The second-order valence-electron chi connectivity index (χ2n) is 4.62. The average molecular weight is 369 g/mol. The number of Topliss-reactive ketones (excluding diaryl/α,β-unsaturated/α-hetero) is 1. The second kappa shape index (κ2) is 5.24. The van der Waals surface area contributed by atoms with E-state index >= 15 is 0 Å². The van der Waals surface area contributed by atoms with Crippen molar-refractivity contribution in [3.8, 4) is 0 Å². The summed E-state index contributed by atoms with van der Waals surface area (Å²) in [7, 11) is 0. The number of carbonyl (C=O) groups excluding carboxylic acids is 2. The van der Waals surface area contributed by atoms with E-state index in [4.69, 9.17) is 11.6 Å². The molecule has 0 atom stereocenters. The normalized spacial score (nSPS) is 13.8. The number of hydrogen-bond donors (Lipinski definition) is 0. The van der Waals surface area contributed by atoms with Crippen LogP contribution in [0, 0.1) is 5.82 Å². The number of hydrogen-bond acceptors (Lipinski definition) is 2. The number of rotatable bonds is 2. The summed E-state index contributed by atoms with van der Waals surface area (Å²) in [5.41, 5.74) is 1.29. The highest BCUT2D eigenvalue weighted by Crippen LogP contribution is 2.33. The van der Waals surface area contributed by atoms with Crippen LogP contribution in [0.2, 0.25) is 5.02 Å². The van der Waals surface area contributed by atoms with Crippen LogP contribution in [-0.2, 0) is 11.3 Å². The molecule has 0 unspecified atom stereocenters. The molecule has 0 saturated carbocycles. The maximum Gasteiger partial charge on any atom is 0.299 e. The number of nitrogens with zero attached hydrogens (tertiary/aromatic N) is 1. The highest BCUT2D eigenvalue weighted by molar-refractivity contribution is 9.10. The van der Waals surface area contributed by atoms with E-state index in [9.17, 15) is 14.0 Å². The Bertz CT molecular complexity index is 778. The molecule has 0 radical (unpaired) electrons. The van der Waals surface area contributed by atoms with E-state index in [-0.39, 0.29) is 6.54 Å². The third-order valence-electron chi connectivity index (χ3n) is 3.27. The van der Waals surface area contributed by atoms with E-state index in [1.54, 1.807) is 18.2 Å². The fourth-order valence-electron chi connectivity index (χ4n) is 2.26. The Morgan fingerprint density at radius 1 is 1.14 bits per heavy atom. The molecule has 1 heterocycles. The van der Waals surface area contributed by atoms with E-state index in [0.717, 1.165) is 4.47 Å². The van der Waals surface area contributed by atoms with E-state index in [1.165, 1.54) is 23.1 Å². The van der Waals surface area contributed by atoms with Crippen molar-refractivity contribution in [1.29, 1.82) is 0 Å². The molecule has 0 spiro atoms. The van der Waals surface area contributed by atoms with Crippen LogP contribution in [0.25, 0.3) is 0 Å². The van der Waals surface area contributed by atoms with Crippen molar-refractivity contribution in [2.75, 3.05) is 4.90 Å². The number of fused-ring (bicyclic) bond motifs is 1. The SMILES string of the molecule is O=C1C(=O)N(Cc2cc(F)ccc2Cl)c2cc(Br)ccc21. The summed E-state index contributed by atoms with van der Waals surface area (Å²) in [6.45, 7) is 0.0462. The largest absolute Gasteiger partial charge is 0.300 e. The zero-order valence-electron chi connectivity index (χ0n) is 10.6. The first-order chi connectivity index (χ1) is 9.97. The number of ketones is 1. The van der Waals surface area contributed by atoms with Gasteiger partial charge >= 0.3 is 0 Å². The zero-order chi connectivity index (χ0) is 15.1. The summed E-state index contributed by atoms with van der Waals surface area (Å²) in [6.07, 6.45) is 0. The molecule has 0 fully saturated rings. The Morgan fingerprint density at radius 2 is 1.90 bits per heavy atom. The van der Waals surface area contributed by atoms with Gasteiger partial charge in [0.2, 0.25) is 0 Å². The van der Waals surface area contributed by atoms with Crippen LogP contribution in [0.15, 0.2) is 40.9 Å². The minimum atomic E-state index is -0.636. The molecule has 3 rings (SSSR count). The van der Waals surface area contributed by atoms with Gasteiger partial charge in [0, 0.05) is 9.50 Å². The molecule has 1 aliphatic heterocycles. The first-order valence-corrected chi connectivity index (χ1v) is 7.24. The lowest BCUT2D eigenvalue weighted by Crippen LogP contribution is -2.29. The lowest BCUT2D eigenvalue weighted by Gasteiger charge is -2.17. The van der Waals surface area contributed by atoms with Crippen molar-refractivity contribution in [2.45, 2.75) is 6.54 Å². The Labute approximate surface area is 133 Å². The Kier molecular flexibility index (Phi) is 3.55. The Morgan fingerprint density at radius 3 is 2.67 bits per heavy atom. The van der Waals surface area contributed by atoms with E-state index in [1.807, 2.05) is 0 Å². The van der Waals surface area contributed by atoms with Crippen LogP contribution in [0.1, 0.15) is 15.9 Å². The molecule has 0 aliphatic carbocycles. The van der Waals surface area contributed by atoms with Crippen LogP contribution >= 0.6 is 27.5 Å². The van der Waals surface area contributed by atoms with Crippen LogP contribution in [-0.4, -0.2) is 11.7 Å². The lowest BCUT2D eigenvalue weighted by atomic mass is 10.1. The van der Waals surface area contributed by atoms with E-state index in [2.05, 4.69) is 15.9 Å². The lowest BCUT2D eigenvalue weighted by molar-refractivity contribution is -0.114. The molecule has 106 valence electrons. The summed E-state index contributed by atoms with van der Waals surface area (Å²) < 4.78 is 14.1. The quantitative estimate of drug-likeness (QED) is 0.752. The molecule has 0 aromatic heterocycles. The van der Waals surface area contributed by atoms with Crippen LogP contribution in [0.4, 0.5) is 10.1 Å². The van der Waals surface area contributed by atoms with E-state index < -0.39 is 17.5 Å². The molecule has 1 amide bonds. The minimum absolute atomic E-state index is 0.0462. The summed E-state index contributed by atoms with van der Waals surface area (Å²) in [5, 5.41) is 0.347. The zero-order valence-corrected chi connectivity index (χ0v) is 12.9. The van der Waals surface area contributed by atoms with Gasteiger partial charge in [-0.1, -0.05) is 27.5 Å². The highest BCUT2D eigenvalue weighted by atomic mass is 79.9. The van der Waals surface area contributed by atoms with Gasteiger partial charge in [-0.25, -0.2) is 4.39 Å². The van der Waals surface area contributed by atoms with Gasteiger partial charge in [-0.05, 0) is 42.0 Å². The van der Waals surface area contributed by atoms with Gasteiger partial charge in [-0.15, -0.1) is 0 Å². The van der Waals surface area contributed by atoms with Gasteiger partial charge in [0.1, 0.15) is 5.82 Å². The number of amides is 1. The molecule has 6 heteroatoms. The maximum atomic E-state index is 13.3. The number of halogens is 3. The molecule has 0 N–H and O–H groups in total. The number of benzene rings is 2. The van der Waals surface area contributed by atoms with Crippen molar-refractivity contribution >= 4 is 44.9 Å². The monoisotopic (exact) mass is 367 g/mol. The van der Waals surface area contributed by atoms with E-state index in [0.29, 0.717) is 21.8 Å². The molecule has 2 aromatic carbocycles. The molecule has 1 aliphatic rings. The third kappa shape index (κ3) is 2.47. The number of carbonyl (C=O) groups is 2. The van der Waals surface area contributed by atoms with Gasteiger partial charge in [-0.3, -0.25) is 9.59 Å². The van der Waals surface area contributed by atoms with Gasteiger partial charge in [0.05, 0.1) is 17.8 Å². The number of anilines is 1. The van der Waals surface area contributed by atoms with Gasteiger partial charge in [-0.2, -0.15) is 0 Å². The molecular formula is C15H8BrClFNO2. The molecule has 21 heavy (non-hydrogen) atoms. The molecular weight excluding hydrogens is 361 g/mol. The minimum Gasteiger partial charge on any atom is -0.300 e. The predicted molar refractivity (Wildman–Crippen MR) is 81.1 cm³/mol. The fourth-order valence-corrected chi connectivity index (χ4v) is 2.79. The summed E-state index contributed by atoms with van der Waals surface area (Å²) in [5.74, 6) is -1.64. The van der Waals surface area contributed by atoms with Crippen molar-refractivity contribution in [1.82, 2.24) is 0 Å².